The number of nitrogens with one attached hydrogen (secondary N) is 1. The van der Waals surface area contributed by atoms with Gasteiger partial charge in [0.15, 0.2) is 0 Å². The predicted molar refractivity (Wildman–Crippen MR) is 66.0 cm³/mol. The molecule has 0 radical (unpaired) electrons. The fourth-order valence-corrected chi connectivity index (χ4v) is 1.92. The van der Waals surface area contributed by atoms with Crippen LogP contribution in [-0.4, -0.2) is 11.6 Å². The number of carbonyl (C=O) groups excluding carboxylic acids is 1. The van der Waals surface area contributed by atoms with E-state index in [4.69, 9.17) is 10.00 Å². The van der Waals surface area contributed by atoms with E-state index in [1.807, 2.05) is 25.2 Å². The lowest BCUT2D eigenvalue weighted by atomic mass is 9.93. The van der Waals surface area contributed by atoms with Gasteiger partial charge in [-0.25, -0.2) is 5.43 Å². The van der Waals surface area contributed by atoms with Crippen LogP contribution in [0.4, 0.5) is 0 Å². The molecule has 1 amide bonds. The Hall–Kier alpha value is -2.35. The Morgan fingerprint density at radius 2 is 2.39 bits per heavy atom. The number of hydrazone groups is 1. The van der Waals surface area contributed by atoms with Crippen molar-refractivity contribution in [3.8, 4) is 6.26 Å². The number of allylic oxidation sites excluding steroid dienone is 5. The van der Waals surface area contributed by atoms with Gasteiger partial charge < -0.3 is 4.74 Å². The van der Waals surface area contributed by atoms with E-state index < -0.39 is 0 Å². The summed E-state index contributed by atoms with van der Waals surface area (Å²) in [5.41, 5.74) is 4.26. The zero-order valence-electron chi connectivity index (χ0n) is 10.0. The first kappa shape index (κ1) is 12.1. The summed E-state index contributed by atoms with van der Waals surface area (Å²) in [4.78, 5) is 11.2. The van der Waals surface area contributed by atoms with Crippen molar-refractivity contribution < 1.29 is 9.53 Å². The molecule has 1 N–H and O–H groups in total. The third-order valence-electron chi connectivity index (χ3n) is 2.80. The molecular formula is C13H13N3O2. The van der Waals surface area contributed by atoms with Gasteiger partial charge in [0.1, 0.15) is 5.76 Å². The molecule has 1 unspecified atom stereocenters. The number of hydrogen-bond acceptors (Lipinski definition) is 4. The summed E-state index contributed by atoms with van der Waals surface area (Å²) in [7, 11) is 0. The van der Waals surface area contributed by atoms with Crippen LogP contribution in [0, 0.1) is 17.4 Å². The molecule has 5 nitrogen and oxygen atoms in total. The molecule has 1 atom stereocenters. The fourth-order valence-electron chi connectivity index (χ4n) is 1.92. The average Bonchev–Trinajstić information content (AvgIpc) is 2.55. The lowest BCUT2D eigenvalue weighted by molar-refractivity contribution is -0.121. The molecule has 18 heavy (non-hydrogen) atoms. The first-order chi connectivity index (χ1) is 8.70. The molecule has 92 valence electrons. The molecule has 0 bridgehead atoms. The Balaban J connectivity index is 2.24. The quantitative estimate of drug-likeness (QED) is 0.751. The van der Waals surface area contributed by atoms with E-state index in [0.717, 1.165) is 11.3 Å². The molecule has 0 fully saturated rings. The number of amides is 1. The normalized spacial score (nSPS) is 23.0. The minimum atomic E-state index is -0.0616. The van der Waals surface area contributed by atoms with Crippen molar-refractivity contribution in [1.82, 2.24) is 5.43 Å². The Labute approximate surface area is 105 Å². The van der Waals surface area contributed by atoms with Crippen LogP contribution in [0.3, 0.4) is 0 Å². The van der Waals surface area contributed by atoms with Gasteiger partial charge in [0.05, 0.1) is 5.71 Å². The van der Waals surface area contributed by atoms with Crippen LogP contribution in [0.5, 0.6) is 0 Å². The SMILES string of the molecule is CC1CC(=O)NN=C1C1=CC=C(OC#N)CC=C1. The first-order valence-electron chi connectivity index (χ1n) is 5.71. The van der Waals surface area contributed by atoms with Crippen LogP contribution < -0.4 is 5.43 Å². The standard InChI is InChI=1S/C13H13N3O2/c1-9-7-12(17)15-16-13(9)10-3-2-4-11(6-5-10)18-8-14/h2-3,5-6,9H,4,7H2,1H3,(H,15,17). The molecule has 0 aromatic carbocycles. The van der Waals surface area contributed by atoms with Crippen LogP contribution in [0.2, 0.25) is 0 Å². The predicted octanol–water partition coefficient (Wildman–Crippen LogP) is 1.77. The minimum Gasteiger partial charge on any atom is -0.392 e. The molecule has 5 heteroatoms. The van der Waals surface area contributed by atoms with Gasteiger partial charge in [0.25, 0.3) is 6.26 Å². The smallest absolute Gasteiger partial charge is 0.291 e. The summed E-state index contributed by atoms with van der Waals surface area (Å²) in [5.74, 6) is 0.617. The number of hydrogen-bond donors (Lipinski definition) is 1. The van der Waals surface area contributed by atoms with E-state index in [0.29, 0.717) is 18.6 Å². The van der Waals surface area contributed by atoms with Crippen molar-refractivity contribution in [2.24, 2.45) is 11.0 Å². The van der Waals surface area contributed by atoms with E-state index in [9.17, 15) is 4.79 Å². The fraction of sp³-hybridized carbons (Fsp3) is 0.308. The highest BCUT2D eigenvalue weighted by molar-refractivity contribution is 6.07. The van der Waals surface area contributed by atoms with E-state index in [2.05, 4.69) is 10.5 Å². The summed E-state index contributed by atoms with van der Waals surface area (Å²) in [5, 5.41) is 12.6. The third-order valence-corrected chi connectivity index (χ3v) is 2.80. The molecule has 2 aliphatic rings. The van der Waals surface area contributed by atoms with Crippen molar-refractivity contribution >= 4 is 11.6 Å². The number of rotatable bonds is 2. The van der Waals surface area contributed by atoms with Crippen LogP contribution in [0.1, 0.15) is 19.8 Å². The van der Waals surface area contributed by atoms with Gasteiger partial charge in [-0.2, -0.15) is 5.10 Å². The largest absolute Gasteiger partial charge is 0.392 e. The molecular weight excluding hydrogens is 230 g/mol. The van der Waals surface area contributed by atoms with Crippen molar-refractivity contribution in [2.75, 3.05) is 0 Å². The second-order valence-corrected chi connectivity index (χ2v) is 4.19. The van der Waals surface area contributed by atoms with Gasteiger partial charge in [-0.15, -0.1) is 5.26 Å². The minimum absolute atomic E-state index is 0.0616. The third kappa shape index (κ3) is 2.66. The number of nitriles is 1. The van der Waals surface area contributed by atoms with Crippen LogP contribution in [-0.2, 0) is 9.53 Å². The van der Waals surface area contributed by atoms with Crippen LogP contribution in [0.15, 0.2) is 40.7 Å². The molecule has 1 aliphatic carbocycles. The Morgan fingerprint density at radius 1 is 1.56 bits per heavy atom. The molecule has 0 spiro atoms. The van der Waals surface area contributed by atoms with Crippen molar-refractivity contribution in [2.45, 2.75) is 19.8 Å². The Kier molecular flexibility index (Phi) is 3.58. The number of carbonyl (C=O) groups is 1. The second kappa shape index (κ2) is 5.32. The Morgan fingerprint density at radius 3 is 3.11 bits per heavy atom. The lowest BCUT2D eigenvalue weighted by Gasteiger charge is -2.19. The molecule has 0 aromatic rings. The molecule has 0 saturated carbocycles. The van der Waals surface area contributed by atoms with Gasteiger partial charge in [0.2, 0.25) is 5.91 Å². The topological polar surface area (TPSA) is 74.5 Å². The molecule has 0 aromatic heterocycles. The zero-order chi connectivity index (χ0) is 13.0. The van der Waals surface area contributed by atoms with Crippen LogP contribution in [0.25, 0.3) is 0 Å². The van der Waals surface area contributed by atoms with E-state index in [-0.39, 0.29) is 11.8 Å². The highest BCUT2D eigenvalue weighted by Gasteiger charge is 2.22. The van der Waals surface area contributed by atoms with Crippen LogP contribution >= 0.6 is 0 Å². The van der Waals surface area contributed by atoms with Gasteiger partial charge in [0, 0.05) is 18.8 Å². The van der Waals surface area contributed by atoms with Gasteiger partial charge in [-0.1, -0.05) is 19.1 Å². The lowest BCUT2D eigenvalue weighted by Crippen LogP contribution is -2.32. The van der Waals surface area contributed by atoms with Gasteiger partial charge in [-0.3, -0.25) is 4.79 Å². The molecule has 1 aliphatic heterocycles. The van der Waals surface area contributed by atoms with Crippen molar-refractivity contribution in [3.05, 3.63) is 35.6 Å². The maximum absolute atomic E-state index is 11.2. The number of ether oxygens (including phenoxy) is 1. The van der Waals surface area contributed by atoms with E-state index in [1.165, 1.54) is 0 Å². The van der Waals surface area contributed by atoms with E-state index >= 15 is 0 Å². The molecule has 0 saturated heterocycles. The zero-order valence-corrected chi connectivity index (χ0v) is 10.0. The summed E-state index contributed by atoms with van der Waals surface area (Å²) in [6.07, 6.45) is 10.1. The summed E-state index contributed by atoms with van der Waals surface area (Å²) >= 11 is 0. The maximum Gasteiger partial charge on any atom is 0.291 e. The number of nitrogens with zero attached hydrogens (tertiary/aromatic N) is 2. The highest BCUT2D eigenvalue weighted by Crippen LogP contribution is 2.20. The van der Waals surface area contributed by atoms with E-state index in [1.54, 1.807) is 12.3 Å². The second-order valence-electron chi connectivity index (χ2n) is 4.19. The highest BCUT2D eigenvalue weighted by atomic mass is 16.5. The Bertz CT molecular complexity index is 521. The maximum atomic E-state index is 11.2. The van der Waals surface area contributed by atoms with Gasteiger partial charge >= 0.3 is 0 Å². The monoisotopic (exact) mass is 243 g/mol. The molecule has 2 rings (SSSR count). The average molecular weight is 243 g/mol. The van der Waals surface area contributed by atoms with Crippen molar-refractivity contribution in [1.29, 1.82) is 5.26 Å². The first-order valence-corrected chi connectivity index (χ1v) is 5.71. The summed E-state index contributed by atoms with van der Waals surface area (Å²) in [6.45, 7) is 1.97. The van der Waals surface area contributed by atoms with Crippen molar-refractivity contribution in [3.63, 3.8) is 0 Å². The summed E-state index contributed by atoms with van der Waals surface area (Å²) in [6, 6.07) is 0. The van der Waals surface area contributed by atoms with Gasteiger partial charge in [-0.05, 0) is 17.7 Å². The molecule has 1 heterocycles. The summed E-state index contributed by atoms with van der Waals surface area (Å²) < 4.78 is 4.80.